The third-order valence-electron chi connectivity index (χ3n) is 6.85. The lowest BCUT2D eigenvalue weighted by Crippen LogP contribution is -2.49. The number of anilines is 1. The number of carbonyl (C=O) groups is 2. The number of ether oxygens (including phenoxy) is 1. The molecule has 1 fully saturated rings. The van der Waals surface area contributed by atoms with Gasteiger partial charge >= 0.3 is 5.97 Å². The van der Waals surface area contributed by atoms with E-state index in [1.165, 1.54) is 5.01 Å². The Labute approximate surface area is 236 Å². The first-order valence-electron chi connectivity index (χ1n) is 12.9. The molecule has 210 valence electrons. The fraction of sp³-hybridized carbons (Fsp3) is 0.207. The molecule has 0 radical (unpaired) electrons. The predicted molar refractivity (Wildman–Crippen MR) is 152 cm³/mol. The van der Waals surface area contributed by atoms with Crippen molar-refractivity contribution in [1.29, 1.82) is 0 Å². The largest absolute Gasteiger partial charge is 0.425 e. The number of hydrazone groups is 1. The van der Waals surface area contributed by atoms with Crippen molar-refractivity contribution >= 4 is 45.1 Å². The first kappa shape index (κ1) is 27.9. The molecule has 0 bridgehead atoms. The van der Waals surface area contributed by atoms with Crippen LogP contribution in [-0.2, 0) is 19.6 Å². The van der Waals surface area contributed by atoms with E-state index in [2.05, 4.69) is 5.10 Å². The molecule has 0 spiro atoms. The summed E-state index contributed by atoms with van der Waals surface area (Å²) in [6.45, 7) is 1.88. The normalized spacial score (nSPS) is 18.8. The number of hydrogen-bond acceptors (Lipinski definition) is 8. The quantitative estimate of drug-likeness (QED) is 0.133. The van der Waals surface area contributed by atoms with E-state index in [1.807, 2.05) is 18.2 Å². The average molecular weight is 575 g/mol. The Morgan fingerprint density at radius 3 is 2.37 bits per heavy atom. The van der Waals surface area contributed by atoms with Crippen LogP contribution in [0.3, 0.4) is 0 Å². The predicted octanol–water partition coefficient (Wildman–Crippen LogP) is 4.55. The standard InChI is InChI=1S/C29H26N4O7S/c1-20-26(28(34)32(30-20)22-7-3-2-4-8-22)19-21-10-14-24(15-11-21)40-29(35)27-9-5-6-18-31(27)41(38,39)25-16-12-23(13-17-25)33(36)37/h2-4,7-8,10-17,19,27H,5-6,9,18H2,1H3. The van der Waals surface area contributed by atoms with Gasteiger partial charge in [0.05, 0.1) is 26.8 Å². The highest BCUT2D eigenvalue weighted by Crippen LogP contribution is 2.29. The van der Waals surface area contributed by atoms with Crippen LogP contribution in [0.2, 0.25) is 0 Å². The van der Waals surface area contributed by atoms with Crippen LogP contribution in [0.1, 0.15) is 31.7 Å². The van der Waals surface area contributed by atoms with Gasteiger partial charge in [-0.2, -0.15) is 14.4 Å². The number of para-hydroxylation sites is 1. The number of benzene rings is 3. The van der Waals surface area contributed by atoms with Gasteiger partial charge in [0, 0.05) is 18.7 Å². The van der Waals surface area contributed by atoms with Gasteiger partial charge in [-0.15, -0.1) is 0 Å². The molecule has 1 atom stereocenters. The van der Waals surface area contributed by atoms with Crippen molar-refractivity contribution in [1.82, 2.24) is 4.31 Å². The number of esters is 1. The Bertz CT molecular complexity index is 1650. The molecule has 2 aliphatic rings. The van der Waals surface area contributed by atoms with Gasteiger partial charge < -0.3 is 4.74 Å². The van der Waals surface area contributed by atoms with Crippen LogP contribution < -0.4 is 9.75 Å². The minimum Gasteiger partial charge on any atom is -0.425 e. The number of hydrogen-bond donors (Lipinski definition) is 0. The molecule has 2 heterocycles. The minimum atomic E-state index is -4.09. The molecular formula is C29H26N4O7S. The molecular weight excluding hydrogens is 548 g/mol. The van der Waals surface area contributed by atoms with E-state index in [1.54, 1.807) is 49.4 Å². The van der Waals surface area contributed by atoms with E-state index in [4.69, 9.17) is 4.74 Å². The Balaban J connectivity index is 1.29. The number of amides is 1. The fourth-order valence-electron chi connectivity index (χ4n) is 4.71. The molecule has 1 amide bonds. The van der Waals surface area contributed by atoms with E-state index in [9.17, 15) is 28.1 Å². The highest BCUT2D eigenvalue weighted by atomic mass is 32.2. The van der Waals surface area contributed by atoms with Gasteiger partial charge in [0.2, 0.25) is 10.0 Å². The van der Waals surface area contributed by atoms with Crippen molar-refractivity contribution < 1.29 is 27.7 Å². The average Bonchev–Trinajstić information content (AvgIpc) is 3.27. The summed E-state index contributed by atoms with van der Waals surface area (Å²) in [5.74, 6) is -0.742. The number of rotatable bonds is 7. The van der Waals surface area contributed by atoms with Crippen molar-refractivity contribution in [3.8, 4) is 5.75 Å². The lowest BCUT2D eigenvalue weighted by Gasteiger charge is -2.32. The number of nitro benzene ring substituents is 1. The molecule has 5 rings (SSSR count). The number of nitro groups is 1. The van der Waals surface area contributed by atoms with Crippen molar-refractivity contribution in [2.75, 3.05) is 11.6 Å². The maximum Gasteiger partial charge on any atom is 0.329 e. The van der Waals surface area contributed by atoms with Crippen molar-refractivity contribution in [3.63, 3.8) is 0 Å². The summed E-state index contributed by atoms with van der Waals surface area (Å²) in [5, 5.41) is 16.7. The summed E-state index contributed by atoms with van der Waals surface area (Å²) in [7, 11) is -4.09. The summed E-state index contributed by atoms with van der Waals surface area (Å²) in [5.41, 5.74) is 2.13. The van der Waals surface area contributed by atoms with Crippen LogP contribution >= 0.6 is 0 Å². The number of piperidine rings is 1. The molecule has 11 nitrogen and oxygen atoms in total. The van der Waals surface area contributed by atoms with Crippen LogP contribution in [0.4, 0.5) is 11.4 Å². The van der Waals surface area contributed by atoms with Gasteiger partial charge in [-0.25, -0.2) is 13.2 Å². The number of carbonyl (C=O) groups excluding carboxylic acids is 2. The minimum absolute atomic E-state index is 0.126. The van der Waals surface area contributed by atoms with E-state index in [-0.39, 0.29) is 35.2 Å². The lowest BCUT2D eigenvalue weighted by molar-refractivity contribution is -0.384. The van der Waals surface area contributed by atoms with Gasteiger partial charge in [-0.05, 0) is 74.2 Å². The third-order valence-corrected chi connectivity index (χ3v) is 8.78. The summed E-state index contributed by atoms with van der Waals surface area (Å²) >= 11 is 0. The van der Waals surface area contributed by atoms with E-state index >= 15 is 0 Å². The molecule has 0 aliphatic carbocycles. The topological polar surface area (TPSA) is 139 Å². The van der Waals surface area contributed by atoms with E-state index in [0.29, 0.717) is 35.4 Å². The van der Waals surface area contributed by atoms with Crippen LogP contribution in [0, 0.1) is 10.1 Å². The number of non-ortho nitro benzene ring substituents is 1. The highest BCUT2D eigenvalue weighted by Gasteiger charge is 2.39. The van der Waals surface area contributed by atoms with Gasteiger partial charge in [-0.1, -0.05) is 30.3 Å². The van der Waals surface area contributed by atoms with Gasteiger partial charge in [-0.3, -0.25) is 14.9 Å². The third kappa shape index (κ3) is 5.79. The second-order valence-electron chi connectivity index (χ2n) is 9.56. The van der Waals surface area contributed by atoms with E-state index in [0.717, 1.165) is 28.6 Å². The maximum absolute atomic E-state index is 13.3. The molecule has 3 aromatic rings. The first-order valence-corrected chi connectivity index (χ1v) is 14.3. The molecule has 2 aliphatic heterocycles. The Morgan fingerprint density at radius 2 is 1.71 bits per heavy atom. The number of sulfonamides is 1. The summed E-state index contributed by atoms with van der Waals surface area (Å²) in [4.78, 5) is 36.3. The Morgan fingerprint density at radius 1 is 1.02 bits per heavy atom. The van der Waals surface area contributed by atoms with Gasteiger partial charge in [0.15, 0.2) is 0 Å². The molecule has 1 unspecified atom stereocenters. The molecule has 3 aromatic carbocycles. The van der Waals surface area contributed by atoms with Crippen molar-refractivity contribution in [2.45, 2.75) is 37.1 Å². The molecule has 0 aromatic heterocycles. The van der Waals surface area contributed by atoms with Crippen LogP contribution in [-0.4, -0.2) is 47.8 Å². The summed E-state index contributed by atoms with van der Waals surface area (Å²) < 4.78 is 33.3. The molecule has 12 heteroatoms. The van der Waals surface area contributed by atoms with Gasteiger partial charge in [0.1, 0.15) is 11.8 Å². The smallest absolute Gasteiger partial charge is 0.329 e. The van der Waals surface area contributed by atoms with E-state index < -0.39 is 27.0 Å². The monoisotopic (exact) mass is 574 g/mol. The van der Waals surface area contributed by atoms with Crippen LogP contribution in [0.15, 0.2) is 94.4 Å². The molecule has 1 saturated heterocycles. The fourth-order valence-corrected chi connectivity index (χ4v) is 6.36. The van der Waals surface area contributed by atoms with Crippen molar-refractivity contribution in [2.24, 2.45) is 5.10 Å². The summed E-state index contributed by atoms with van der Waals surface area (Å²) in [6.07, 6.45) is 3.21. The van der Waals surface area contributed by atoms with Crippen LogP contribution in [0.5, 0.6) is 5.75 Å². The number of nitrogens with zero attached hydrogens (tertiary/aromatic N) is 4. The summed E-state index contributed by atoms with van der Waals surface area (Å²) in [6, 6.07) is 19.2. The second kappa shape index (κ2) is 11.4. The zero-order chi connectivity index (χ0) is 29.1. The van der Waals surface area contributed by atoms with Crippen LogP contribution in [0.25, 0.3) is 6.08 Å². The zero-order valence-electron chi connectivity index (χ0n) is 22.0. The maximum atomic E-state index is 13.3. The molecule has 0 N–H and O–H groups in total. The van der Waals surface area contributed by atoms with Crippen molar-refractivity contribution in [3.05, 3.63) is 100 Å². The lowest BCUT2D eigenvalue weighted by atomic mass is 10.1. The highest BCUT2D eigenvalue weighted by molar-refractivity contribution is 7.89. The van der Waals surface area contributed by atoms with Gasteiger partial charge in [0.25, 0.3) is 11.6 Å². The molecule has 41 heavy (non-hydrogen) atoms. The second-order valence-corrected chi connectivity index (χ2v) is 11.5. The SMILES string of the molecule is CC1=NN(c2ccccc2)C(=O)C1=Cc1ccc(OC(=O)C2CCCCN2S(=O)(=O)c2ccc([N+](=O)[O-])cc2)cc1. The molecule has 0 saturated carbocycles. The Hall–Kier alpha value is -4.68. The zero-order valence-corrected chi connectivity index (χ0v) is 22.9. The first-order chi connectivity index (χ1) is 19.6. The Kier molecular flexibility index (Phi) is 7.77.